The smallest absolute Gasteiger partial charge is 0.422 e. The number of nitrogen functional groups attached to an aromatic ring is 1. The zero-order valence-corrected chi connectivity index (χ0v) is 19.8. The van der Waals surface area contributed by atoms with E-state index in [0.29, 0.717) is 29.1 Å². The molecule has 0 bridgehead atoms. The summed E-state index contributed by atoms with van der Waals surface area (Å²) in [5.41, 5.74) is 8.78. The third kappa shape index (κ3) is 9.72. The highest BCUT2D eigenvalue weighted by atomic mass is 19.4. The molecule has 1 aliphatic rings. The number of alkyl halides is 6. The number of amides is 1. The maximum Gasteiger partial charge on any atom is 0.422 e. The van der Waals surface area contributed by atoms with Gasteiger partial charge in [-0.25, -0.2) is 18.7 Å². The van der Waals surface area contributed by atoms with Crippen LogP contribution in [0.3, 0.4) is 0 Å². The molecule has 2 aromatic heterocycles. The fraction of sp³-hybridized carbons (Fsp3) is 0.391. The zero-order valence-electron chi connectivity index (χ0n) is 20.8. The first-order valence-corrected chi connectivity index (χ1v) is 10.4. The quantitative estimate of drug-likeness (QED) is 0.420. The van der Waals surface area contributed by atoms with Crippen molar-refractivity contribution in [1.29, 1.82) is 0 Å². The molecule has 0 spiro atoms. The van der Waals surface area contributed by atoms with Gasteiger partial charge in [0.1, 0.15) is 5.82 Å². The number of carbonyl (C=O) groups is 1. The molecule has 202 valence electrons. The van der Waals surface area contributed by atoms with E-state index in [2.05, 4.69) is 15.3 Å². The lowest BCUT2D eigenvalue weighted by atomic mass is 10.1. The van der Waals surface area contributed by atoms with E-state index in [1.807, 2.05) is 0 Å². The van der Waals surface area contributed by atoms with Crippen molar-refractivity contribution in [3.8, 4) is 5.88 Å². The number of aliphatic hydroxyl groups excluding tert-OH is 1. The minimum atomic E-state index is -4.52. The second kappa shape index (κ2) is 14.3. The summed E-state index contributed by atoms with van der Waals surface area (Å²) in [6.45, 7) is -0.408. The third-order valence-corrected chi connectivity index (χ3v) is 4.58. The number of aliphatic hydroxyl groups is 1. The standard InChI is InChI=1S/C21H21F4N4O2.CH2F2.CH4O.H2.H/c1-11-7-14(9-17(26)27-11)12(2)28-20(30)15-3-4-18(31-10-21(23,24)25)29-19(15)16-8-13(16)5-6-22;2-1-3;1-2;;/h3-5,7,9,12H,6,8,10H2,1-2H3,(H2,26,27)(H,28,30);1H2;2H,1H3;1H;. The van der Waals surface area contributed by atoms with Crippen LogP contribution in [0, 0.1) is 13.3 Å². The predicted octanol–water partition coefficient (Wildman–Crippen LogP) is 4.98. The molecule has 2 aromatic rings. The fourth-order valence-corrected chi connectivity index (χ4v) is 3.09. The Bertz CT molecular complexity index is 1040. The molecule has 1 amide bonds. The van der Waals surface area contributed by atoms with Gasteiger partial charge < -0.3 is 20.9 Å². The van der Waals surface area contributed by atoms with Gasteiger partial charge in [-0.2, -0.15) is 13.2 Å². The van der Waals surface area contributed by atoms with Crippen molar-refractivity contribution in [2.45, 2.75) is 32.5 Å². The van der Waals surface area contributed by atoms with E-state index in [0.717, 1.165) is 12.7 Å². The molecular weight excluding hydrogens is 494 g/mol. The number of aryl methyl sites for hydroxylation is 1. The van der Waals surface area contributed by atoms with Gasteiger partial charge in [-0.05, 0) is 49.6 Å². The summed E-state index contributed by atoms with van der Waals surface area (Å²) in [6, 6.07) is 5.55. The Hall–Kier alpha value is -3.35. The highest BCUT2D eigenvalue weighted by Crippen LogP contribution is 2.42. The van der Waals surface area contributed by atoms with Crippen molar-refractivity contribution in [3.63, 3.8) is 0 Å². The number of hydrogen-bond donors (Lipinski definition) is 3. The SMILES string of the molecule is CO.Cc1cc(C(C)NC(=O)c2ccc(OCC(F)(F)F)nc2C2=C([CH]CF)C2)cc(N)n1.FCF.[HH].[H]. The van der Waals surface area contributed by atoms with Crippen LogP contribution >= 0.6 is 0 Å². The van der Waals surface area contributed by atoms with Gasteiger partial charge in [-0.15, -0.1) is 0 Å². The summed E-state index contributed by atoms with van der Waals surface area (Å²) in [5.74, 6) is -0.433. The van der Waals surface area contributed by atoms with Crippen molar-refractivity contribution >= 4 is 17.3 Å². The van der Waals surface area contributed by atoms with Crippen LogP contribution in [0.5, 0.6) is 5.88 Å². The summed E-state index contributed by atoms with van der Waals surface area (Å²) >= 11 is 0. The Morgan fingerprint density at radius 1 is 1.28 bits per heavy atom. The lowest BCUT2D eigenvalue weighted by Crippen LogP contribution is -2.28. The molecule has 3 rings (SSSR count). The number of ether oxygens (including phenoxy) is 1. The maximum atomic E-state index is 12.9. The number of carbonyl (C=O) groups excluding carboxylic acids is 1. The molecular formula is C23H30F6N4O3. The Morgan fingerprint density at radius 3 is 2.47 bits per heavy atom. The first-order valence-electron chi connectivity index (χ1n) is 10.4. The average molecular weight is 525 g/mol. The molecule has 2 radical (unpaired) electrons. The molecule has 7 nitrogen and oxygen atoms in total. The number of pyridine rings is 2. The largest absolute Gasteiger partial charge is 0.468 e. The van der Waals surface area contributed by atoms with Crippen molar-refractivity contribution in [1.82, 2.24) is 15.3 Å². The van der Waals surface area contributed by atoms with Crippen LogP contribution in [0.15, 0.2) is 29.8 Å². The first-order chi connectivity index (χ1) is 17.0. The average Bonchev–Trinajstić information content (AvgIpc) is 3.57. The van der Waals surface area contributed by atoms with Gasteiger partial charge in [0.2, 0.25) is 12.8 Å². The molecule has 36 heavy (non-hydrogen) atoms. The van der Waals surface area contributed by atoms with E-state index < -0.39 is 38.3 Å². The number of nitrogens with two attached hydrogens (primary N) is 1. The van der Waals surface area contributed by atoms with Crippen molar-refractivity contribution in [2.75, 3.05) is 33.1 Å². The summed E-state index contributed by atoms with van der Waals surface area (Å²) in [7, 11) is 1.00. The molecule has 1 unspecified atom stereocenters. The topological polar surface area (TPSA) is 110 Å². The third-order valence-electron chi connectivity index (χ3n) is 4.58. The summed E-state index contributed by atoms with van der Waals surface area (Å²) in [4.78, 5) is 21.1. The number of nitrogens with zero attached hydrogens (tertiary/aromatic N) is 2. The summed E-state index contributed by atoms with van der Waals surface area (Å²) < 4.78 is 74.0. The Morgan fingerprint density at radius 2 is 1.92 bits per heavy atom. The number of hydrogen-bond acceptors (Lipinski definition) is 6. The molecule has 13 heteroatoms. The van der Waals surface area contributed by atoms with E-state index in [1.54, 1.807) is 26.0 Å². The molecule has 0 saturated carbocycles. The van der Waals surface area contributed by atoms with Crippen LogP contribution in [0.1, 0.15) is 49.5 Å². The fourth-order valence-electron chi connectivity index (χ4n) is 3.09. The highest BCUT2D eigenvalue weighted by Gasteiger charge is 2.31. The van der Waals surface area contributed by atoms with Crippen LogP contribution in [0.2, 0.25) is 0 Å². The van der Waals surface area contributed by atoms with Gasteiger partial charge in [0, 0.05) is 28.1 Å². The van der Waals surface area contributed by atoms with Crippen LogP contribution < -0.4 is 15.8 Å². The number of halogens is 6. The number of anilines is 1. The van der Waals surface area contributed by atoms with Crippen LogP contribution in [0.4, 0.5) is 32.2 Å². The first kappa shape index (κ1) is 30.7. The molecule has 0 aromatic carbocycles. The molecule has 1 aliphatic carbocycles. The Labute approximate surface area is 207 Å². The predicted molar refractivity (Wildman–Crippen MR) is 125 cm³/mol. The zero-order chi connectivity index (χ0) is 27.5. The van der Waals surface area contributed by atoms with Crippen LogP contribution in [-0.4, -0.2) is 54.5 Å². The Balaban J connectivity index is 0. The monoisotopic (exact) mass is 524 g/mol. The van der Waals surface area contributed by atoms with E-state index in [4.69, 9.17) is 15.6 Å². The van der Waals surface area contributed by atoms with E-state index in [-0.39, 0.29) is 20.0 Å². The summed E-state index contributed by atoms with van der Waals surface area (Å²) in [5, 5.41) is 9.82. The van der Waals surface area contributed by atoms with Gasteiger partial charge in [0.05, 0.1) is 24.0 Å². The summed E-state index contributed by atoms with van der Waals surface area (Å²) in [6.07, 6.45) is -2.79. The Kier molecular flexibility index (Phi) is 12.2. The molecule has 0 saturated heterocycles. The molecule has 4 N–H and O–H groups in total. The normalized spacial score (nSPS) is 13.1. The van der Waals surface area contributed by atoms with Crippen molar-refractivity contribution < 1.29 is 43.8 Å². The molecule has 0 fully saturated rings. The van der Waals surface area contributed by atoms with Gasteiger partial charge in [0.15, 0.2) is 6.61 Å². The van der Waals surface area contributed by atoms with Crippen molar-refractivity contribution in [3.05, 3.63) is 58.8 Å². The maximum absolute atomic E-state index is 12.9. The highest BCUT2D eigenvalue weighted by molar-refractivity contribution is 6.01. The molecule has 1 atom stereocenters. The van der Waals surface area contributed by atoms with E-state index in [9.17, 15) is 31.1 Å². The molecule has 0 aliphatic heterocycles. The van der Waals surface area contributed by atoms with Crippen LogP contribution in [-0.2, 0) is 0 Å². The number of nitrogens with one attached hydrogen (secondary N) is 1. The van der Waals surface area contributed by atoms with Gasteiger partial charge in [0.25, 0.3) is 5.91 Å². The van der Waals surface area contributed by atoms with Gasteiger partial charge in [-0.3, -0.25) is 9.18 Å². The number of rotatable bonds is 8. The lowest BCUT2D eigenvalue weighted by Gasteiger charge is -2.17. The van der Waals surface area contributed by atoms with Gasteiger partial charge >= 0.3 is 6.18 Å². The number of aromatic nitrogens is 2. The minimum absolute atomic E-state index is 0. The van der Waals surface area contributed by atoms with E-state index >= 15 is 0 Å². The van der Waals surface area contributed by atoms with E-state index in [1.165, 1.54) is 18.6 Å². The second-order valence-electron chi connectivity index (χ2n) is 7.25. The molecule has 2 heterocycles. The lowest BCUT2D eigenvalue weighted by molar-refractivity contribution is -0.154. The van der Waals surface area contributed by atoms with Gasteiger partial charge in [-0.1, -0.05) is 5.57 Å². The van der Waals surface area contributed by atoms with Crippen molar-refractivity contribution in [2.24, 2.45) is 0 Å². The second-order valence-corrected chi connectivity index (χ2v) is 7.25. The van der Waals surface area contributed by atoms with Crippen LogP contribution in [0.25, 0.3) is 5.57 Å². The number of allylic oxidation sites excluding steroid dienone is 2. The minimum Gasteiger partial charge on any atom is -0.468 e.